The molecular weight excluding hydrogens is 180 g/mol. The van der Waals surface area contributed by atoms with Gasteiger partial charge in [0.2, 0.25) is 0 Å². The zero-order chi connectivity index (χ0) is 10.6. The third-order valence-corrected chi connectivity index (χ3v) is 1.70. The number of hydrogen-bond donors (Lipinski definition) is 2. The van der Waals surface area contributed by atoms with E-state index in [0.29, 0.717) is 23.4 Å². The van der Waals surface area contributed by atoms with E-state index in [1.807, 2.05) is 0 Å². The standard InChI is InChI=1S/C10H12N2O2/c1-7(6-13)12-10-4-3-8(14-2)5-9(10)11/h3-6,12H,1,11H2,2H3. The molecule has 4 heteroatoms. The van der Waals surface area contributed by atoms with Crippen LogP contribution < -0.4 is 15.8 Å². The largest absolute Gasteiger partial charge is 0.497 e. The molecule has 0 unspecified atom stereocenters. The molecule has 4 nitrogen and oxygen atoms in total. The third-order valence-electron chi connectivity index (χ3n) is 1.70. The van der Waals surface area contributed by atoms with E-state index in [-0.39, 0.29) is 5.70 Å². The van der Waals surface area contributed by atoms with Gasteiger partial charge in [-0.15, -0.1) is 0 Å². The second kappa shape index (κ2) is 4.32. The van der Waals surface area contributed by atoms with Crippen molar-refractivity contribution in [2.45, 2.75) is 0 Å². The number of carbonyl (C=O) groups excluding carboxylic acids is 1. The topological polar surface area (TPSA) is 64.3 Å². The SMILES string of the molecule is C=C(C=O)Nc1ccc(OC)cc1N. The maximum atomic E-state index is 10.3. The molecule has 74 valence electrons. The highest BCUT2D eigenvalue weighted by atomic mass is 16.5. The van der Waals surface area contributed by atoms with Crippen molar-refractivity contribution in [1.82, 2.24) is 0 Å². The lowest BCUT2D eigenvalue weighted by Crippen LogP contribution is -2.02. The molecule has 3 N–H and O–H groups in total. The van der Waals surface area contributed by atoms with Crippen molar-refractivity contribution in [2.75, 3.05) is 18.2 Å². The van der Waals surface area contributed by atoms with E-state index in [0.717, 1.165) is 0 Å². The smallest absolute Gasteiger partial charge is 0.165 e. The molecule has 0 amide bonds. The Labute approximate surface area is 82.4 Å². The number of nitrogens with one attached hydrogen (secondary N) is 1. The van der Waals surface area contributed by atoms with Gasteiger partial charge < -0.3 is 15.8 Å². The molecule has 0 bridgehead atoms. The molecule has 0 atom stereocenters. The van der Waals surface area contributed by atoms with E-state index in [2.05, 4.69) is 11.9 Å². The van der Waals surface area contributed by atoms with Crippen LogP contribution in [0.4, 0.5) is 11.4 Å². The Morgan fingerprint density at radius 3 is 2.86 bits per heavy atom. The minimum atomic E-state index is 0.266. The Kier molecular flexibility index (Phi) is 3.12. The predicted molar refractivity (Wildman–Crippen MR) is 56.2 cm³/mol. The molecule has 0 fully saturated rings. The zero-order valence-corrected chi connectivity index (χ0v) is 7.91. The maximum Gasteiger partial charge on any atom is 0.165 e. The Morgan fingerprint density at radius 2 is 2.36 bits per heavy atom. The van der Waals surface area contributed by atoms with E-state index in [1.54, 1.807) is 25.3 Å². The average molecular weight is 192 g/mol. The summed E-state index contributed by atoms with van der Waals surface area (Å²) in [5.74, 6) is 0.671. The lowest BCUT2D eigenvalue weighted by molar-refractivity contribution is -0.104. The van der Waals surface area contributed by atoms with Crippen LogP contribution in [0.3, 0.4) is 0 Å². The molecule has 0 radical (unpaired) electrons. The number of methoxy groups -OCH3 is 1. The molecule has 1 aromatic rings. The van der Waals surface area contributed by atoms with Crippen molar-refractivity contribution in [3.8, 4) is 5.75 Å². The van der Waals surface area contributed by atoms with Gasteiger partial charge >= 0.3 is 0 Å². The number of benzene rings is 1. The monoisotopic (exact) mass is 192 g/mol. The molecule has 0 aliphatic heterocycles. The summed E-state index contributed by atoms with van der Waals surface area (Å²) >= 11 is 0. The van der Waals surface area contributed by atoms with Gasteiger partial charge in [0.25, 0.3) is 0 Å². The highest BCUT2D eigenvalue weighted by molar-refractivity contribution is 5.81. The van der Waals surface area contributed by atoms with Crippen molar-refractivity contribution in [1.29, 1.82) is 0 Å². The lowest BCUT2D eigenvalue weighted by Gasteiger charge is -2.09. The van der Waals surface area contributed by atoms with Gasteiger partial charge in [-0.3, -0.25) is 4.79 Å². The van der Waals surface area contributed by atoms with Crippen molar-refractivity contribution in [2.24, 2.45) is 0 Å². The fourth-order valence-electron chi connectivity index (χ4n) is 0.984. The lowest BCUT2D eigenvalue weighted by atomic mass is 10.2. The van der Waals surface area contributed by atoms with Gasteiger partial charge in [0, 0.05) is 6.07 Å². The average Bonchev–Trinajstić information content (AvgIpc) is 2.20. The van der Waals surface area contributed by atoms with Gasteiger partial charge in [0.15, 0.2) is 6.29 Å². The van der Waals surface area contributed by atoms with Gasteiger partial charge in [-0.2, -0.15) is 0 Å². The van der Waals surface area contributed by atoms with Gasteiger partial charge in [-0.25, -0.2) is 0 Å². The van der Waals surface area contributed by atoms with Gasteiger partial charge in [-0.05, 0) is 12.1 Å². The number of hydrogen-bond acceptors (Lipinski definition) is 4. The number of carbonyl (C=O) groups is 1. The zero-order valence-electron chi connectivity index (χ0n) is 7.91. The summed E-state index contributed by atoms with van der Waals surface area (Å²) in [5.41, 5.74) is 7.11. The van der Waals surface area contributed by atoms with Crippen LogP contribution in [-0.4, -0.2) is 13.4 Å². The Bertz CT molecular complexity index is 361. The summed E-state index contributed by atoms with van der Waals surface area (Å²) in [5, 5.41) is 2.77. The van der Waals surface area contributed by atoms with Crippen molar-refractivity contribution in [3.05, 3.63) is 30.5 Å². The highest BCUT2D eigenvalue weighted by Gasteiger charge is 2.01. The van der Waals surface area contributed by atoms with Gasteiger partial charge in [-0.1, -0.05) is 6.58 Å². The molecule has 0 heterocycles. The normalized spacial score (nSPS) is 9.21. The summed E-state index contributed by atoms with van der Waals surface area (Å²) in [6.45, 7) is 3.49. The van der Waals surface area contributed by atoms with E-state index >= 15 is 0 Å². The Balaban J connectivity index is 2.88. The number of rotatable bonds is 4. The predicted octanol–water partition coefficient (Wildman–Crippen LogP) is 1.40. The van der Waals surface area contributed by atoms with E-state index in [9.17, 15) is 4.79 Å². The molecule has 14 heavy (non-hydrogen) atoms. The van der Waals surface area contributed by atoms with E-state index in [4.69, 9.17) is 10.5 Å². The van der Waals surface area contributed by atoms with Crippen LogP contribution >= 0.6 is 0 Å². The van der Waals surface area contributed by atoms with Crippen LogP contribution in [0.15, 0.2) is 30.5 Å². The quantitative estimate of drug-likeness (QED) is 0.430. The fraction of sp³-hybridized carbons (Fsp3) is 0.100. The number of aldehydes is 1. The van der Waals surface area contributed by atoms with Crippen molar-refractivity contribution in [3.63, 3.8) is 0 Å². The molecular formula is C10H12N2O2. The molecule has 1 aromatic carbocycles. The first-order valence-electron chi connectivity index (χ1n) is 4.02. The number of allylic oxidation sites excluding steroid dienone is 1. The van der Waals surface area contributed by atoms with Crippen LogP contribution in [0.2, 0.25) is 0 Å². The van der Waals surface area contributed by atoms with E-state index < -0.39 is 0 Å². The van der Waals surface area contributed by atoms with E-state index in [1.165, 1.54) is 0 Å². The number of nitrogen functional groups attached to an aromatic ring is 1. The molecule has 0 spiro atoms. The molecule has 0 aliphatic carbocycles. The third kappa shape index (κ3) is 2.26. The van der Waals surface area contributed by atoms with Gasteiger partial charge in [0.1, 0.15) is 5.75 Å². The summed E-state index contributed by atoms with van der Waals surface area (Å²) in [6.07, 6.45) is 0.629. The molecule has 0 aromatic heterocycles. The summed E-state index contributed by atoms with van der Waals surface area (Å²) in [6, 6.07) is 5.14. The van der Waals surface area contributed by atoms with Gasteiger partial charge in [0.05, 0.1) is 24.2 Å². The fourth-order valence-corrected chi connectivity index (χ4v) is 0.984. The summed E-state index contributed by atoms with van der Waals surface area (Å²) < 4.78 is 4.98. The molecule has 1 rings (SSSR count). The highest BCUT2D eigenvalue weighted by Crippen LogP contribution is 2.24. The van der Waals surface area contributed by atoms with Crippen LogP contribution in [0.1, 0.15) is 0 Å². The minimum absolute atomic E-state index is 0.266. The van der Waals surface area contributed by atoms with Crippen LogP contribution in [0.25, 0.3) is 0 Å². The molecule has 0 saturated heterocycles. The first-order valence-corrected chi connectivity index (χ1v) is 4.02. The first kappa shape index (κ1) is 10.1. The summed E-state index contributed by atoms with van der Waals surface area (Å²) in [4.78, 5) is 10.3. The van der Waals surface area contributed by atoms with Crippen LogP contribution in [0.5, 0.6) is 5.75 Å². The minimum Gasteiger partial charge on any atom is -0.497 e. The molecule has 0 aliphatic rings. The van der Waals surface area contributed by atoms with Crippen molar-refractivity contribution >= 4 is 17.7 Å². The second-order valence-corrected chi connectivity index (χ2v) is 2.72. The van der Waals surface area contributed by atoms with Crippen LogP contribution in [0, 0.1) is 0 Å². The number of ether oxygens (including phenoxy) is 1. The molecule has 0 saturated carbocycles. The Hall–Kier alpha value is -1.97. The summed E-state index contributed by atoms with van der Waals surface area (Å²) in [7, 11) is 1.56. The second-order valence-electron chi connectivity index (χ2n) is 2.72. The number of anilines is 2. The van der Waals surface area contributed by atoms with Crippen molar-refractivity contribution < 1.29 is 9.53 Å². The maximum absolute atomic E-state index is 10.3. The first-order chi connectivity index (χ1) is 6.67. The van der Waals surface area contributed by atoms with Crippen LogP contribution in [-0.2, 0) is 4.79 Å². The Morgan fingerprint density at radius 1 is 1.64 bits per heavy atom. The number of nitrogens with two attached hydrogens (primary N) is 1.